The van der Waals surface area contributed by atoms with Crippen molar-refractivity contribution in [2.45, 2.75) is 19.6 Å². The normalized spacial score (nSPS) is 11.5. The highest BCUT2D eigenvalue weighted by atomic mass is 16.5. The van der Waals surface area contributed by atoms with Crippen LogP contribution in [0.4, 0.5) is 0 Å². The van der Waals surface area contributed by atoms with Gasteiger partial charge < -0.3 is 24.1 Å². The van der Waals surface area contributed by atoms with Crippen LogP contribution in [0.5, 0.6) is 17.2 Å². The number of carbonyl (C=O) groups excluding carboxylic acids is 1. The Labute approximate surface area is 162 Å². The maximum atomic E-state index is 12.3. The molecule has 0 fully saturated rings. The molecule has 2 aromatic carbocycles. The molecule has 146 valence electrons. The maximum Gasteiger partial charge on any atom is 0.261 e. The Bertz CT molecular complexity index is 924. The van der Waals surface area contributed by atoms with E-state index in [1.165, 1.54) is 0 Å². The zero-order valence-corrected chi connectivity index (χ0v) is 15.8. The first kappa shape index (κ1) is 19.2. The van der Waals surface area contributed by atoms with Crippen molar-refractivity contribution in [3.05, 3.63) is 54.4 Å². The average molecular weight is 383 g/mol. The predicted molar refractivity (Wildman–Crippen MR) is 101 cm³/mol. The van der Waals surface area contributed by atoms with Crippen molar-refractivity contribution in [2.24, 2.45) is 0 Å². The number of nitrogens with zero attached hydrogens (tertiary/aromatic N) is 2. The van der Waals surface area contributed by atoms with E-state index in [9.17, 15) is 4.79 Å². The van der Waals surface area contributed by atoms with E-state index in [4.69, 9.17) is 18.7 Å². The lowest BCUT2D eigenvalue weighted by Crippen LogP contribution is -2.36. The molecule has 1 unspecified atom stereocenters. The molecular formula is C20H21N3O5. The maximum absolute atomic E-state index is 12.3. The van der Waals surface area contributed by atoms with Crippen LogP contribution >= 0.6 is 0 Å². The molecule has 0 aliphatic rings. The lowest BCUT2D eigenvalue weighted by atomic mass is 10.2. The number of rotatable bonds is 8. The minimum atomic E-state index is -0.698. The highest BCUT2D eigenvalue weighted by Gasteiger charge is 2.16. The van der Waals surface area contributed by atoms with E-state index in [-0.39, 0.29) is 12.5 Å². The van der Waals surface area contributed by atoms with Crippen LogP contribution in [0.1, 0.15) is 12.8 Å². The van der Waals surface area contributed by atoms with Crippen LogP contribution < -0.4 is 19.5 Å². The summed E-state index contributed by atoms with van der Waals surface area (Å²) in [5.74, 6) is 2.38. The number of nitrogens with one attached hydrogen (secondary N) is 1. The molecule has 0 aliphatic carbocycles. The van der Waals surface area contributed by atoms with E-state index >= 15 is 0 Å². The van der Waals surface area contributed by atoms with Gasteiger partial charge in [0, 0.05) is 11.6 Å². The molecule has 0 radical (unpaired) electrons. The molecule has 3 rings (SSSR count). The Balaban J connectivity index is 1.54. The fourth-order valence-electron chi connectivity index (χ4n) is 2.42. The van der Waals surface area contributed by atoms with Crippen molar-refractivity contribution in [1.29, 1.82) is 0 Å². The number of benzene rings is 2. The van der Waals surface area contributed by atoms with Crippen molar-refractivity contribution in [3.8, 4) is 28.6 Å². The molecule has 0 bridgehead atoms. The van der Waals surface area contributed by atoms with E-state index in [0.717, 1.165) is 11.3 Å². The molecule has 1 amide bonds. The lowest BCUT2D eigenvalue weighted by Gasteiger charge is -2.14. The molecule has 1 atom stereocenters. The van der Waals surface area contributed by atoms with Crippen LogP contribution in [0, 0.1) is 0 Å². The number of ether oxygens (including phenoxy) is 3. The summed E-state index contributed by atoms with van der Waals surface area (Å²) in [7, 11) is 3.17. The smallest absolute Gasteiger partial charge is 0.261 e. The summed E-state index contributed by atoms with van der Waals surface area (Å²) in [6, 6.07) is 14.3. The first-order chi connectivity index (χ1) is 13.6. The standard InChI is InChI=1S/C20H21N3O5/c1-13(27-17-6-4-5-16(11-17)26-3)20(24)21-12-18-22-19(23-28-18)14-7-9-15(25-2)10-8-14/h4-11,13H,12H2,1-3H3,(H,21,24). The average Bonchev–Trinajstić information content (AvgIpc) is 3.21. The third-order valence-corrected chi connectivity index (χ3v) is 3.95. The first-order valence-corrected chi connectivity index (χ1v) is 8.64. The van der Waals surface area contributed by atoms with Crippen molar-refractivity contribution < 1.29 is 23.5 Å². The molecule has 0 saturated carbocycles. The topological polar surface area (TPSA) is 95.7 Å². The monoisotopic (exact) mass is 383 g/mol. The Morgan fingerprint density at radius 1 is 1.07 bits per heavy atom. The summed E-state index contributed by atoms with van der Waals surface area (Å²) >= 11 is 0. The highest BCUT2D eigenvalue weighted by molar-refractivity contribution is 5.80. The fourth-order valence-corrected chi connectivity index (χ4v) is 2.42. The van der Waals surface area contributed by atoms with Crippen molar-refractivity contribution in [3.63, 3.8) is 0 Å². The van der Waals surface area contributed by atoms with Gasteiger partial charge in [0.25, 0.3) is 5.91 Å². The third-order valence-electron chi connectivity index (χ3n) is 3.95. The second kappa shape index (κ2) is 8.90. The molecule has 0 aliphatic heterocycles. The predicted octanol–water partition coefficient (Wildman–Crippen LogP) is 2.84. The fraction of sp³-hybridized carbons (Fsp3) is 0.250. The molecule has 0 spiro atoms. The lowest BCUT2D eigenvalue weighted by molar-refractivity contribution is -0.127. The number of aromatic nitrogens is 2. The van der Waals surface area contributed by atoms with E-state index in [1.54, 1.807) is 45.4 Å². The van der Waals surface area contributed by atoms with Gasteiger partial charge >= 0.3 is 0 Å². The van der Waals surface area contributed by atoms with Gasteiger partial charge in [0.1, 0.15) is 17.2 Å². The van der Waals surface area contributed by atoms with E-state index in [1.807, 2.05) is 24.3 Å². The first-order valence-electron chi connectivity index (χ1n) is 8.64. The van der Waals surface area contributed by atoms with Crippen LogP contribution in [-0.2, 0) is 11.3 Å². The third kappa shape index (κ3) is 4.79. The summed E-state index contributed by atoms with van der Waals surface area (Å²) in [6.45, 7) is 1.76. The highest BCUT2D eigenvalue weighted by Crippen LogP contribution is 2.21. The van der Waals surface area contributed by atoms with Gasteiger partial charge in [-0.2, -0.15) is 4.98 Å². The van der Waals surface area contributed by atoms with Crippen LogP contribution in [0.2, 0.25) is 0 Å². The number of amides is 1. The number of hydrogen-bond donors (Lipinski definition) is 1. The summed E-state index contributed by atoms with van der Waals surface area (Å²) in [6.07, 6.45) is -0.698. The summed E-state index contributed by atoms with van der Waals surface area (Å²) < 4.78 is 21.1. The largest absolute Gasteiger partial charge is 0.497 e. The zero-order chi connectivity index (χ0) is 19.9. The zero-order valence-electron chi connectivity index (χ0n) is 15.8. The van der Waals surface area contributed by atoms with E-state index in [2.05, 4.69) is 15.5 Å². The molecular weight excluding hydrogens is 362 g/mol. The van der Waals surface area contributed by atoms with Crippen LogP contribution in [0.25, 0.3) is 11.4 Å². The number of methoxy groups -OCH3 is 2. The molecule has 1 heterocycles. The molecule has 1 aromatic heterocycles. The number of hydrogen-bond acceptors (Lipinski definition) is 7. The Hall–Kier alpha value is -3.55. The van der Waals surface area contributed by atoms with Gasteiger partial charge in [-0.25, -0.2) is 0 Å². The van der Waals surface area contributed by atoms with Gasteiger partial charge in [-0.1, -0.05) is 11.2 Å². The summed E-state index contributed by atoms with van der Waals surface area (Å²) in [4.78, 5) is 16.5. The van der Waals surface area contributed by atoms with Gasteiger partial charge in [0.05, 0.1) is 20.8 Å². The van der Waals surface area contributed by atoms with Gasteiger partial charge in [0.2, 0.25) is 11.7 Å². The van der Waals surface area contributed by atoms with Gasteiger partial charge in [0.15, 0.2) is 6.10 Å². The SMILES string of the molecule is COc1ccc(-c2noc(CNC(=O)C(C)Oc3cccc(OC)c3)n2)cc1. The molecule has 1 N–H and O–H groups in total. The Morgan fingerprint density at radius 3 is 2.50 bits per heavy atom. The minimum absolute atomic E-state index is 0.105. The van der Waals surface area contributed by atoms with E-state index < -0.39 is 6.10 Å². The molecule has 0 saturated heterocycles. The number of carbonyl (C=O) groups is 1. The van der Waals surface area contributed by atoms with Crippen LogP contribution in [-0.4, -0.2) is 36.4 Å². The second-order valence-electron chi connectivity index (χ2n) is 5.90. The van der Waals surface area contributed by atoms with Gasteiger partial charge in [-0.3, -0.25) is 4.79 Å². The quantitative estimate of drug-likeness (QED) is 0.639. The molecule has 3 aromatic rings. The van der Waals surface area contributed by atoms with Gasteiger partial charge in [-0.05, 0) is 43.3 Å². The Kier molecular flexibility index (Phi) is 6.11. The molecule has 28 heavy (non-hydrogen) atoms. The second-order valence-corrected chi connectivity index (χ2v) is 5.90. The summed E-state index contributed by atoms with van der Waals surface area (Å²) in [5.41, 5.74) is 0.789. The van der Waals surface area contributed by atoms with Crippen molar-refractivity contribution in [2.75, 3.05) is 14.2 Å². The van der Waals surface area contributed by atoms with Crippen LogP contribution in [0.15, 0.2) is 53.1 Å². The molecule has 8 heteroatoms. The van der Waals surface area contributed by atoms with Crippen LogP contribution in [0.3, 0.4) is 0 Å². The molecule has 8 nitrogen and oxygen atoms in total. The van der Waals surface area contributed by atoms with Gasteiger partial charge in [-0.15, -0.1) is 0 Å². The van der Waals surface area contributed by atoms with Crippen molar-refractivity contribution >= 4 is 5.91 Å². The van der Waals surface area contributed by atoms with Crippen molar-refractivity contribution in [1.82, 2.24) is 15.5 Å². The minimum Gasteiger partial charge on any atom is -0.497 e. The summed E-state index contributed by atoms with van der Waals surface area (Å²) in [5, 5.41) is 6.65. The van der Waals surface area contributed by atoms with E-state index in [0.29, 0.717) is 23.2 Å². The Morgan fingerprint density at radius 2 is 1.79 bits per heavy atom.